The smallest absolute Gasteiger partial charge is 0.200 e. The summed E-state index contributed by atoms with van der Waals surface area (Å²) in [5.41, 5.74) is 8.27. The van der Waals surface area contributed by atoms with E-state index in [1.165, 1.54) is 6.21 Å². The number of nitrogens with two attached hydrogens (primary N) is 1. The van der Waals surface area contributed by atoms with E-state index < -0.39 is 5.79 Å². The SMILES string of the molecule is CCc1cc(/C=N/C2(F)CC2)c(N)c(OC)c1. The molecular weight excluding hydrogens is 219 g/mol. The molecule has 2 rings (SSSR count). The van der Waals surface area contributed by atoms with Crippen LogP contribution in [0.3, 0.4) is 0 Å². The molecule has 0 saturated heterocycles. The largest absolute Gasteiger partial charge is 0.495 e. The van der Waals surface area contributed by atoms with Crippen LogP contribution in [0.15, 0.2) is 17.1 Å². The third kappa shape index (κ3) is 2.57. The van der Waals surface area contributed by atoms with Crippen molar-refractivity contribution in [1.82, 2.24) is 0 Å². The first-order chi connectivity index (χ1) is 8.08. The highest BCUT2D eigenvalue weighted by molar-refractivity contribution is 5.89. The molecule has 3 nitrogen and oxygen atoms in total. The van der Waals surface area contributed by atoms with Crippen LogP contribution in [0.5, 0.6) is 5.75 Å². The Kier molecular flexibility index (Phi) is 3.05. The molecule has 0 aliphatic heterocycles. The number of rotatable bonds is 4. The van der Waals surface area contributed by atoms with E-state index in [-0.39, 0.29) is 0 Å². The Balaban J connectivity index is 2.34. The maximum atomic E-state index is 13.4. The highest BCUT2D eigenvalue weighted by atomic mass is 19.1. The molecule has 1 aromatic rings. The number of aliphatic imine (C=N–C) groups is 1. The number of anilines is 1. The summed E-state index contributed by atoms with van der Waals surface area (Å²) in [5.74, 6) is -0.725. The van der Waals surface area contributed by atoms with Gasteiger partial charge in [0.2, 0.25) is 0 Å². The molecule has 17 heavy (non-hydrogen) atoms. The first-order valence-corrected chi connectivity index (χ1v) is 5.78. The predicted octanol–water partition coefficient (Wildman–Crippen LogP) is 2.72. The Labute approximate surface area is 100 Å². The minimum Gasteiger partial charge on any atom is -0.495 e. The quantitative estimate of drug-likeness (QED) is 0.496. The molecule has 1 aliphatic rings. The number of aryl methyl sites for hydroxylation is 1. The Bertz CT molecular complexity index is 453. The molecule has 1 aliphatic carbocycles. The van der Waals surface area contributed by atoms with E-state index in [2.05, 4.69) is 4.99 Å². The summed E-state index contributed by atoms with van der Waals surface area (Å²) in [5, 5.41) is 0. The highest BCUT2D eigenvalue weighted by Gasteiger charge is 2.42. The molecule has 1 saturated carbocycles. The molecule has 0 radical (unpaired) electrons. The molecule has 4 heteroatoms. The first-order valence-electron chi connectivity index (χ1n) is 5.78. The fraction of sp³-hybridized carbons (Fsp3) is 0.462. The second-order valence-electron chi connectivity index (χ2n) is 4.33. The van der Waals surface area contributed by atoms with E-state index in [4.69, 9.17) is 10.5 Å². The molecule has 0 unspecified atom stereocenters. The van der Waals surface area contributed by atoms with Crippen molar-refractivity contribution in [3.8, 4) is 5.75 Å². The lowest BCUT2D eigenvalue weighted by Crippen LogP contribution is -2.01. The van der Waals surface area contributed by atoms with Crippen molar-refractivity contribution >= 4 is 11.9 Å². The van der Waals surface area contributed by atoms with Gasteiger partial charge in [-0.25, -0.2) is 4.39 Å². The number of halogens is 1. The number of nitrogens with zero attached hydrogens (tertiary/aromatic N) is 1. The molecular formula is C13H17FN2O. The number of alkyl halides is 1. The topological polar surface area (TPSA) is 47.6 Å². The molecule has 2 N–H and O–H groups in total. The van der Waals surface area contributed by atoms with Gasteiger partial charge in [-0.1, -0.05) is 6.92 Å². The first kappa shape index (κ1) is 11.9. The molecule has 0 bridgehead atoms. The van der Waals surface area contributed by atoms with Crippen molar-refractivity contribution in [2.45, 2.75) is 32.0 Å². The van der Waals surface area contributed by atoms with Crippen molar-refractivity contribution in [3.63, 3.8) is 0 Å². The summed E-state index contributed by atoms with van der Waals surface area (Å²) in [6.45, 7) is 2.05. The van der Waals surface area contributed by atoms with Crippen molar-refractivity contribution in [2.75, 3.05) is 12.8 Å². The van der Waals surface area contributed by atoms with Gasteiger partial charge >= 0.3 is 0 Å². The molecule has 1 fully saturated rings. The Morgan fingerprint density at radius 3 is 2.76 bits per heavy atom. The van der Waals surface area contributed by atoms with Crippen LogP contribution in [0.4, 0.5) is 10.1 Å². The number of nitrogen functional groups attached to an aromatic ring is 1. The van der Waals surface area contributed by atoms with Crippen molar-refractivity contribution in [1.29, 1.82) is 0 Å². The van der Waals surface area contributed by atoms with Crippen LogP contribution in [0.2, 0.25) is 0 Å². The van der Waals surface area contributed by atoms with Crippen LogP contribution in [0, 0.1) is 0 Å². The monoisotopic (exact) mass is 236 g/mol. The summed E-state index contributed by atoms with van der Waals surface area (Å²) in [7, 11) is 1.57. The summed E-state index contributed by atoms with van der Waals surface area (Å²) < 4.78 is 18.6. The second-order valence-corrected chi connectivity index (χ2v) is 4.33. The van der Waals surface area contributed by atoms with Gasteiger partial charge < -0.3 is 10.5 Å². The number of hydrogen-bond donors (Lipinski definition) is 1. The zero-order chi connectivity index (χ0) is 12.5. The second kappa shape index (κ2) is 4.35. The zero-order valence-electron chi connectivity index (χ0n) is 10.2. The lowest BCUT2D eigenvalue weighted by atomic mass is 10.1. The summed E-state index contributed by atoms with van der Waals surface area (Å²) in [6.07, 6.45) is 3.41. The van der Waals surface area contributed by atoms with Gasteiger partial charge in [0.25, 0.3) is 0 Å². The van der Waals surface area contributed by atoms with Gasteiger partial charge in [0, 0.05) is 24.6 Å². The average molecular weight is 236 g/mol. The molecule has 1 aromatic carbocycles. The molecule has 92 valence electrons. The Morgan fingerprint density at radius 2 is 2.24 bits per heavy atom. The number of methoxy groups -OCH3 is 1. The molecule has 0 heterocycles. The zero-order valence-corrected chi connectivity index (χ0v) is 10.2. The van der Waals surface area contributed by atoms with Crippen molar-refractivity contribution in [3.05, 3.63) is 23.3 Å². The van der Waals surface area contributed by atoms with Gasteiger partial charge in [-0.05, 0) is 24.1 Å². The Morgan fingerprint density at radius 1 is 1.53 bits per heavy atom. The van der Waals surface area contributed by atoms with Gasteiger partial charge in [-0.2, -0.15) is 0 Å². The van der Waals surface area contributed by atoms with Gasteiger partial charge in [0.15, 0.2) is 5.79 Å². The molecule has 0 spiro atoms. The molecule has 0 amide bonds. The third-order valence-corrected chi connectivity index (χ3v) is 2.96. The minimum absolute atomic E-state index is 0.508. The van der Waals surface area contributed by atoms with Crippen molar-refractivity contribution in [2.24, 2.45) is 4.99 Å². The van der Waals surface area contributed by atoms with Crippen molar-refractivity contribution < 1.29 is 9.13 Å². The number of hydrogen-bond acceptors (Lipinski definition) is 3. The predicted molar refractivity (Wildman–Crippen MR) is 67.5 cm³/mol. The summed E-state index contributed by atoms with van der Waals surface area (Å²) in [4.78, 5) is 3.92. The van der Waals surface area contributed by atoms with Crippen LogP contribution in [0.25, 0.3) is 0 Å². The summed E-state index contributed by atoms with van der Waals surface area (Å²) in [6, 6.07) is 3.82. The Hall–Kier alpha value is -1.58. The lowest BCUT2D eigenvalue weighted by Gasteiger charge is -2.10. The standard InChI is InChI=1S/C13H17FN2O/c1-3-9-6-10(8-16-13(14)4-5-13)12(15)11(7-9)17-2/h6-8H,3-5,15H2,1-2H3/b16-8+. The van der Waals surface area contributed by atoms with E-state index in [0.717, 1.165) is 17.5 Å². The van der Waals surface area contributed by atoms with Gasteiger partial charge in [0.05, 0.1) is 12.8 Å². The van der Waals surface area contributed by atoms with Gasteiger partial charge in [-0.3, -0.25) is 4.99 Å². The fourth-order valence-electron chi connectivity index (χ4n) is 1.60. The number of benzene rings is 1. The normalized spacial score (nSPS) is 17.4. The van der Waals surface area contributed by atoms with Crippen LogP contribution in [0.1, 0.15) is 30.9 Å². The summed E-state index contributed by atoms with van der Waals surface area (Å²) >= 11 is 0. The van der Waals surface area contributed by atoms with E-state index >= 15 is 0 Å². The fourth-order valence-corrected chi connectivity index (χ4v) is 1.60. The van der Waals surface area contributed by atoms with E-state index in [1.807, 2.05) is 19.1 Å². The number of ether oxygens (including phenoxy) is 1. The van der Waals surface area contributed by atoms with E-state index in [1.54, 1.807) is 7.11 Å². The third-order valence-electron chi connectivity index (χ3n) is 2.96. The molecule has 0 aromatic heterocycles. The van der Waals surface area contributed by atoms with E-state index in [0.29, 0.717) is 24.3 Å². The van der Waals surface area contributed by atoms with Gasteiger partial charge in [-0.15, -0.1) is 0 Å². The van der Waals surface area contributed by atoms with Crippen LogP contribution in [-0.4, -0.2) is 19.1 Å². The van der Waals surface area contributed by atoms with Gasteiger partial charge in [0.1, 0.15) is 5.75 Å². The minimum atomic E-state index is -1.35. The van der Waals surface area contributed by atoms with Crippen LogP contribution < -0.4 is 10.5 Å². The lowest BCUT2D eigenvalue weighted by molar-refractivity contribution is 0.325. The average Bonchev–Trinajstić information content (AvgIpc) is 3.06. The maximum Gasteiger partial charge on any atom is 0.200 e. The molecule has 0 atom stereocenters. The maximum absolute atomic E-state index is 13.4. The van der Waals surface area contributed by atoms with Crippen LogP contribution in [-0.2, 0) is 6.42 Å². The highest BCUT2D eigenvalue weighted by Crippen LogP contribution is 2.41. The van der Waals surface area contributed by atoms with Crippen LogP contribution >= 0.6 is 0 Å². The van der Waals surface area contributed by atoms with E-state index in [9.17, 15) is 4.39 Å².